The lowest BCUT2D eigenvalue weighted by atomic mass is 9.83. The van der Waals surface area contributed by atoms with Crippen LogP contribution in [-0.2, 0) is 23.9 Å². The number of halogens is 6. The predicted octanol–water partition coefficient (Wildman–Crippen LogP) is 4.46. The molecular weight excluding hydrogens is 611 g/mol. The predicted molar refractivity (Wildman–Crippen MR) is 155 cm³/mol. The molecule has 44 heavy (non-hydrogen) atoms. The maximum Gasteiger partial charge on any atom is 0.416 e. The van der Waals surface area contributed by atoms with Crippen LogP contribution in [0.1, 0.15) is 43.9 Å². The van der Waals surface area contributed by atoms with E-state index in [4.69, 9.17) is 11.6 Å². The fraction of sp³-hybridized carbons (Fsp3) is 0.500. The lowest BCUT2D eigenvalue weighted by Crippen LogP contribution is -2.64. The number of nitrogens with one attached hydrogen (secondary N) is 2. The summed E-state index contributed by atoms with van der Waals surface area (Å²) in [6, 6.07) is 2.98. The first kappa shape index (κ1) is 30.3. The Labute approximate surface area is 253 Å². The number of piperidine rings is 1. The number of nitrogens with zero attached hydrogens (tertiary/aromatic N) is 6. The number of piperazine rings is 1. The first-order valence-electron chi connectivity index (χ1n) is 14.4. The molecule has 0 spiro atoms. The van der Waals surface area contributed by atoms with Crippen LogP contribution >= 0.6 is 11.6 Å². The molecule has 236 valence electrons. The number of carbonyl (C=O) groups excluding carboxylic acids is 1. The van der Waals surface area contributed by atoms with E-state index in [0.29, 0.717) is 30.9 Å². The van der Waals surface area contributed by atoms with E-state index >= 15 is 0 Å². The molecule has 2 N–H and O–H groups in total. The summed E-state index contributed by atoms with van der Waals surface area (Å²) < 4.78 is 68.4. The van der Waals surface area contributed by atoms with Crippen LogP contribution in [0, 0.1) is 0 Å². The molecule has 3 fully saturated rings. The number of rotatable bonds is 6. The Morgan fingerprint density at radius 2 is 1.91 bits per heavy atom. The molecule has 0 unspecified atom stereocenters. The molecule has 1 amide bonds. The van der Waals surface area contributed by atoms with Gasteiger partial charge < -0.3 is 25.0 Å². The molecule has 2 aromatic heterocycles. The van der Waals surface area contributed by atoms with Crippen LogP contribution in [0.2, 0.25) is 5.02 Å². The maximum absolute atomic E-state index is 14.1. The van der Waals surface area contributed by atoms with Crippen LogP contribution in [0.3, 0.4) is 0 Å². The normalized spacial score (nSPS) is 20.5. The summed E-state index contributed by atoms with van der Waals surface area (Å²) in [6.07, 6.45) is -3.78. The van der Waals surface area contributed by atoms with Crippen molar-refractivity contribution < 1.29 is 26.7 Å². The molecule has 2 aliphatic heterocycles. The van der Waals surface area contributed by atoms with E-state index in [1.807, 2.05) is 6.92 Å². The summed E-state index contributed by atoms with van der Waals surface area (Å²) >= 11 is 6.08. The van der Waals surface area contributed by atoms with Gasteiger partial charge in [-0.25, -0.2) is 0 Å². The Morgan fingerprint density at radius 3 is 2.52 bits per heavy atom. The molecule has 3 aromatic rings. The van der Waals surface area contributed by atoms with Gasteiger partial charge in [0.2, 0.25) is 17.6 Å². The number of alkyl halides is 3. The summed E-state index contributed by atoms with van der Waals surface area (Å²) in [5, 5.41) is 10.3. The van der Waals surface area contributed by atoms with Crippen LogP contribution in [0.5, 0.6) is 0 Å². The molecule has 0 bridgehead atoms. The van der Waals surface area contributed by atoms with Crippen LogP contribution in [0.25, 0.3) is 5.78 Å². The Morgan fingerprint density at radius 1 is 1.16 bits per heavy atom. The van der Waals surface area contributed by atoms with Gasteiger partial charge in [0.1, 0.15) is 12.2 Å². The van der Waals surface area contributed by atoms with Crippen molar-refractivity contribution in [3.8, 4) is 0 Å². The summed E-state index contributed by atoms with van der Waals surface area (Å²) in [7, 11) is 0. The highest BCUT2D eigenvalue weighted by Gasteiger charge is 2.41. The average molecular weight is 641 g/mol. The van der Waals surface area contributed by atoms with Gasteiger partial charge in [0, 0.05) is 38.3 Å². The zero-order valence-electron chi connectivity index (χ0n) is 23.7. The van der Waals surface area contributed by atoms with Crippen molar-refractivity contribution in [1.82, 2.24) is 24.5 Å². The highest BCUT2D eigenvalue weighted by Crippen LogP contribution is 2.35. The van der Waals surface area contributed by atoms with Crippen molar-refractivity contribution in [2.75, 3.05) is 41.3 Å². The number of amides is 1. The Hall–Kier alpha value is -3.72. The molecule has 4 heterocycles. The second kappa shape index (κ2) is 11.7. The average Bonchev–Trinajstić information content (AvgIpc) is 3.41. The van der Waals surface area contributed by atoms with Crippen LogP contribution < -0.4 is 26.0 Å². The van der Waals surface area contributed by atoms with Gasteiger partial charge in [0.15, 0.2) is 0 Å². The molecule has 1 aromatic carbocycles. The number of aromatic nitrogens is 4. The van der Waals surface area contributed by atoms with Crippen molar-refractivity contribution >= 4 is 40.6 Å². The minimum absolute atomic E-state index is 0.00107. The molecule has 10 nitrogen and oxygen atoms in total. The van der Waals surface area contributed by atoms with Crippen molar-refractivity contribution in [1.29, 1.82) is 0 Å². The van der Waals surface area contributed by atoms with Gasteiger partial charge in [-0.1, -0.05) is 18.5 Å². The van der Waals surface area contributed by atoms with E-state index in [2.05, 4.69) is 25.6 Å². The highest BCUT2D eigenvalue weighted by molar-refractivity contribution is 6.33. The first-order valence-corrected chi connectivity index (χ1v) is 14.8. The Balaban J connectivity index is 1.40. The minimum atomic E-state index is -4.60. The van der Waals surface area contributed by atoms with E-state index in [-0.39, 0.29) is 72.6 Å². The second-order valence-corrected chi connectivity index (χ2v) is 11.6. The summed E-state index contributed by atoms with van der Waals surface area (Å²) in [5.41, 5.74) is -0.289. The molecule has 16 heteroatoms. The van der Waals surface area contributed by atoms with Crippen LogP contribution in [-0.4, -0.2) is 63.3 Å². The summed E-state index contributed by atoms with van der Waals surface area (Å²) in [6.45, 7) is 3.23. The fourth-order valence-electron chi connectivity index (χ4n) is 6.22. The number of anilines is 3. The van der Waals surface area contributed by atoms with Gasteiger partial charge in [-0.2, -0.15) is 31.5 Å². The Kier molecular flexibility index (Phi) is 8.03. The van der Waals surface area contributed by atoms with Gasteiger partial charge in [0.25, 0.3) is 11.6 Å². The minimum Gasteiger partial charge on any atom is -0.360 e. The van der Waals surface area contributed by atoms with Gasteiger partial charge in [-0.05, 0) is 55.9 Å². The van der Waals surface area contributed by atoms with Crippen molar-refractivity contribution in [2.45, 2.75) is 63.8 Å². The van der Waals surface area contributed by atoms with E-state index in [1.54, 1.807) is 9.47 Å². The highest BCUT2D eigenvalue weighted by atomic mass is 35.5. The van der Waals surface area contributed by atoms with Crippen LogP contribution in [0.15, 0.2) is 34.6 Å². The zero-order valence-corrected chi connectivity index (χ0v) is 24.5. The quantitative estimate of drug-likeness (QED) is 0.384. The Bertz CT molecular complexity index is 1690. The molecular formula is C28H30ClF5N8O2. The summed E-state index contributed by atoms with van der Waals surface area (Å²) in [4.78, 5) is 35.8. The second-order valence-electron chi connectivity index (χ2n) is 11.2. The maximum atomic E-state index is 14.1. The lowest BCUT2D eigenvalue weighted by molar-refractivity contribution is -0.137. The van der Waals surface area contributed by atoms with Gasteiger partial charge >= 0.3 is 6.18 Å². The van der Waals surface area contributed by atoms with Gasteiger partial charge in [0.05, 0.1) is 22.0 Å². The molecule has 1 saturated carbocycles. The molecule has 2 atom stereocenters. The molecule has 0 radical (unpaired) electrons. The van der Waals surface area contributed by atoms with E-state index in [0.717, 1.165) is 35.6 Å². The standard InChI is InChI=1S/C28H30ClF5N8O2/c1-2-20-23(40-12-9-35-19-5-6-21(19)40)25(44)42-27(37-26(38-42)39-10-7-15(8-11-39)24(30)31)41(20)14-22(43)36-18-4-3-16(13-17(18)29)28(32,33)34/h3-4,13,19,21,35H,2,5-12,14H2,1H3,(H,36,43)/t19-,21-/m1/s1. The molecule has 3 aliphatic rings. The van der Waals surface area contributed by atoms with E-state index in [1.165, 1.54) is 0 Å². The third-order valence-electron chi connectivity index (χ3n) is 8.62. The smallest absolute Gasteiger partial charge is 0.360 e. The number of hydrogen-bond donors (Lipinski definition) is 2. The SMILES string of the molecule is CCc1c(N2CCN[C@@H]3CC[C@H]32)c(=O)n2nc(N3CCC(=C(F)F)CC3)nc2n1CC(=O)Nc1ccc(C(F)(F)F)cc1Cl. The number of hydrogen-bond acceptors (Lipinski definition) is 7. The molecule has 6 rings (SSSR count). The molecule has 1 aliphatic carbocycles. The topological polar surface area (TPSA) is 99.8 Å². The van der Waals surface area contributed by atoms with Crippen LogP contribution in [0.4, 0.5) is 39.3 Å². The van der Waals surface area contributed by atoms with Gasteiger partial charge in [-0.15, -0.1) is 5.10 Å². The molecule has 2 saturated heterocycles. The third-order valence-corrected chi connectivity index (χ3v) is 8.94. The monoisotopic (exact) mass is 640 g/mol. The fourth-order valence-corrected chi connectivity index (χ4v) is 6.45. The third kappa shape index (κ3) is 5.51. The lowest BCUT2D eigenvalue weighted by Gasteiger charge is -2.50. The number of carbonyl (C=O) groups is 1. The number of fused-ring (bicyclic) bond motifs is 2. The van der Waals surface area contributed by atoms with E-state index < -0.39 is 29.3 Å². The van der Waals surface area contributed by atoms with Crippen molar-refractivity contribution in [3.05, 3.63) is 56.5 Å². The van der Waals surface area contributed by atoms with Gasteiger partial charge in [-0.3, -0.25) is 9.59 Å². The zero-order chi connectivity index (χ0) is 31.3. The van der Waals surface area contributed by atoms with Crippen molar-refractivity contribution in [2.24, 2.45) is 0 Å². The summed E-state index contributed by atoms with van der Waals surface area (Å²) in [5.74, 6) is -0.325. The van der Waals surface area contributed by atoms with E-state index in [9.17, 15) is 31.5 Å². The number of benzene rings is 1. The van der Waals surface area contributed by atoms with Crippen molar-refractivity contribution in [3.63, 3.8) is 0 Å². The first-order chi connectivity index (χ1) is 21.0. The largest absolute Gasteiger partial charge is 0.416 e.